The summed E-state index contributed by atoms with van der Waals surface area (Å²) in [6, 6.07) is 7.57. The van der Waals surface area contributed by atoms with Crippen molar-refractivity contribution in [3.8, 4) is 5.75 Å². The molecule has 1 N–H and O–H groups in total. The number of ketones is 1. The molecule has 0 amide bonds. The van der Waals surface area contributed by atoms with E-state index in [2.05, 4.69) is 9.97 Å². The first kappa shape index (κ1) is 13.7. The highest BCUT2D eigenvalue weighted by atomic mass is 16.6. The Morgan fingerprint density at radius 1 is 1.36 bits per heavy atom. The van der Waals surface area contributed by atoms with Crippen LogP contribution < -0.4 is 4.74 Å². The first-order chi connectivity index (χ1) is 10.6. The third kappa shape index (κ3) is 2.18. The van der Waals surface area contributed by atoms with Crippen molar-refractivity contribution in [2.45, 2.75) is 0 Å². The van der Waals surface area contributed by atoms with E-state index in [4.69, 9.17) is 4.74 Å². The van der Waals surface area contributed by atoms with E-state index in [1.165, 1.54) is 25.3 Å². The fraction of sp³-hybridized carbons (Fsp3) is 0.0667. The molecule has 22 heavy (non-hydrogen) atoms. The van der Waals surface area contributed by atoms with Crippen molar-refractivity contribution < 1.29 is 14.5 Å². The Labute approximate surface area is 124 Å². The maximum Gasteiger partial charge on any atom is 0.310 e. The van der Waals surface area contributed by atoms with Crippen LogP contribution in [0.2, 0.25) is 0 Å². The van der Waals surface area contributed by atoms with Gasteiger partial charge in [-0.1, -0.05) is 0 Å². The molecular weight excluding hydrogens is 286 g/mol. The monoisotopic (exact) mass is 297 g/mol. The molecule has 0 saturated carbocycles. The highest BCUT2D eigenvalue weighted by molar-refractivity contribution is 6.16. The van der Waals surface area contributed by atoms with Gasteiger partial charge in [-0.3, -0.25) is 14.9 Å². The molecule has 0 spiro atoms. The number of carbonyl (C=O) groups excluding carboxylic acids is 1. The maximum atomic E-state index is 12.6. The molecule has 0 bridgehead atoms. The molecule has 7 nitrogen and oxygen atoms in total. The Morgan fingerprint density at radius 2 is 2.18 bits per heavy atom. The van der Waals surface area contributed by atoms with E-state index in [1.807, 2.05) is 0 Å². The topological polar surface area (TPSA) is 98.1 Å². The molecule has 2 aromatic heterocycles. The van der Waals surface area contributed by atoms with Crippen LogP contribution in [0.5, 0.6) is 5.75 Å². The molecule has 3 aromatic rings. The van der Waals surface area contributed by atoms with Crippen molar-refractivity contribution in [3.63, 3.8) is 0 Å². The number of carbonyl (C=O) groups is 1. The number of methoxy groups -OCH3 is 1. The number of H-pyrrole nitrogens is 1. The highest BCUT2D eigenvalue weighted by Gasteiger charge is 2.20. The summed E-state index contributed by atoms with van der Waals surface area (Å²) in [7, 11) is 1.33. The Hall–Kier alpha value is -3.22. The van der Waals surface area contributed by atoms with Crippen LogP contribution in [-0.4, -0.2) is 27.8 Å². The van der Waals surface area contributed by atoms with Crippen LogP contribution in [0.25, 0.3) is 11.0 Å². The summed E-state index contributed by atoms with van der Waals surface area (Å²) >= 11 is 0. The minimum atomic E-state index is -0.553. The fourth-order valence-electron chi connectivity index (χ4n) is 2.27. The normalized spacial score (nSPS) is 10.6. The van der Waals surface area contributed by atoms with Crippen LogP contribution in [0.3, 0.4) is 0 Å². The lowest BCUT2D eigenvalue weighted by molar-refractivity contribution is -0.385. The van der Waals surface area contributed by atoms with E-state index in [1.54, 1.807) is 24.5 Å². The summed E-state index contributed by atoms with van der Waals surface area (Å²) in [5.41, 5.74) is 1.20. The lowest BCUT2D eigenvalue weighted by Gasteiger charge is -2.04. The van der Waals surface area contributed by atoms with Crippen molar-refractivity contribution >= 4 is 22.5 Å². The van der Waals surface area contributed by atoms with Crippen LogP contribution in [0.4, 0.5) is 5.69 Å². The van der Waals surface area contributed by atoms with Gasteiger partial charge in [0.2, 0.25) is 0 Å². The van der Waals surface area contributed by atoms with Gasteiger partial charge in [-0.15, -0.1) is 0 Å². The third-order valence-electron chi connectivity index (χ3n) is 3.33. The van der Waals surface area contributed by atoms with Crippen molar-refractivity contribution in [2.24, 2.45) is 0 Å². The second kappa shape index (κ2) is 5.28. The van der Waals surface area contributed by atoms with Gasteiger partial charge >= 0.3 is 5.69 Å². The van der Waals surface area contributed by atoms with Gasteiger partial charge in [0.05, 0.1) is 12.0 Å². The van der Waals surface area contributed by atoms with E-state index in [9.17, 15) is 14.9 Å². The van der Waals surface area contributed by atoms with Gasteiger partial charge in [0.1, 0.15) is 5.65 Å². The molecule has 0 radical (unpaired) electrons. The smallest absolute Gasteiger partial charge is 0.310 e. The van der Waals surface area contributed by atoms with Crippen LogP contribution in [0.1, 0.15) is 15.9 Å². The zero-order chi connectivity index (χ0) is 15.7. The number of pyridine rings is 1. The van der Waals surface area contributed by atoms with Crippen molar-refractivity contribution in [2.75, 3.05) is 7.11 Å². The molecule has 110 valence electrons. The first-order valence-corrected chi connectivity index (χ1v) is 6.41. The molecule has 0 saturated heterocycles. The molecule has 0 aliphatic rings. The number of nitro groups is 1. The molecule has 0 aliphatic heterocycles. The summed E-state index contributed by atoms with van der Waals surface area (Å²) in [6.45, 7) is 0. The van der Waals surface area contributed by atoms with Gasteiger partial charge in [-0.2, -0.15) is 0 Å². The van der Waals surface area contributed by atoms with E-state index >= 15 is 0 Å². The van der Waals surface area contributed by atoms with Gasteiger partial charge in [-0.25, -0.2) is 4.98 Å². The lowest BCUT2D eigenvalue weighted by Crippen LogP contribution is -2.02. The largest absolute Gasteiger partial charge is 0.490 e. The molecule has 0 atom stereocenters. The molecule has 0 fully saturated rings. The molecule has 0 unspecified atom stereocenters. The van der Waals surface area contributed by atoms with Crippen molar-refractivity contribution in [1.29, 1.82) is 0 Å². The molecule has 7 heteroatoms. The number of ether oxygens (including phenoxy) is 1. The number of rotatable bonds is 4. The quantitative estimate of drug-likeness (QED) is 0.453. The summed E-state index contributed by atoms with van der Waals surface area (Å²) < 4.78 is 4.99. The minimum absolute atomic E-state index is 0.0498. The molecule has 3 rings (SSSR count). The fourth-order valence-corrected chi connectivity index (χ4v) is 2.27. The molecule has 2 heterocycles. The number of benzene rings is 1. The second-order valence-corrected chi connectivity index (χ2v) is 4.57. The zero-order valence-corrected chi connectivity index (χ0v) is 11.6. The maximum absolute atomic E-state index is 12.6. The average molecular weight is 297 g/mol. The van der Waals surface area contributed by atoms with Crippen molar-refractivity contribution in [3.05, 3.63) is 64.0 Å². The Morgan fingerprint density at radius 3 is 2.91 bits per heavy atom. The van der Waals surface area contributed by atoms with Gasteiger partial charge in [-0.05, 0) is 24.3 Å². The van der Waals surface area contributed by atoms with E-state index in [0.29, 0.717) is 22.2 Å². The first-order valence-electron chi connectivity index (χ1n) is 6.41. The SMILES string of the molecule is COc1cc(C(=O)c2c[nH]c3ncccc23)ccc1[N+](=O)[O-]. The second-order valence-electron chi connectivity index (χ2n) is 4.57. The Balaban J connectivity index is 2.07. The average Bonchev–Trinajstić information content (AvgIpc) is 2.97. The van der Waals surface area contributed by atoms with E-state index < -0.39 is 4.92 Å². The Bertz CT molecular complexity index is 885. The summed E-state index contributed by atoms with van der Waals surface area (Å²) in [5.74, 6) is -0.207. The number of hydrogen-bond donors (Lipinski definition) is 1. The van der Waals surface area contributed by atoms with Crippen LogP contribution >= 0.6 is 0 Å². The standard InChI is InChI=1S/C15H11N3O4/c1-22-13-7-9(4-5-12(13)18(20)21)14(19)11-8-17-15-10(11)3-2-6-16-15/h2-8H,1H3,(H,16,17). The minimum Gasteiger partial charge on any atom is -0.490 e. The van der Waals surface area contributed by atoms with Crippen LogP contribution in [0, 0.1) is 10.1 Å². The number of hydrogen-bond acceptors (Lipinski definition) is 5. The molecule has 1 aromatic carbocycles. The van der Waals surface area contributed by atoms with E-state index in [-0.39, 0.29) is 17.2 Å². The summed E-state index contributed by atoms with van der Waals surface area (Å²) in [6.07, 6.45) is 3.20. The van der Waals surface area contributed by atoms with Gasteiger partial charge < -0.3 is 9.72 Å². The number of aromatic amines is 1. The summed E-state index contributed by atoms with van der Waals surface area (Å²) in [4.78, 5) is 30.0. The number of nitrogens with zero attached hydrogens (tertiary/aromatic N) is 2. The van der Waals surface area contributed by atoms with Crippen LogP contribution in [-0.2, 0) is 0 Å². The van der Waals surface area contributed by atoms with Crippen molar-refractivity contribution in [1.82, 2.24) is 9.97 Å². The Kier molecular flexibility index (Phi) is 3.30. The van der Waals surface area contributed by atoms with E-state index in [0.717, 1.165) is 0 Å². The third-order valence-corrected chi connectivity index (χ3v) is 3.33. The van der Waals surface area contributed by atoms with Crippen LogP contribution in [0.15, 0.2) is 42.7 Å². The predicted molar refractivity (Wildman–Crippen MR) is 79.2 cm³/mol. The highest BCUT2D eigenvalue weighted by Crippen LogP contribution is 2.29. The molecule has 0 aliphatic carbocycles. The van der Waals surface area contributed by atoms with Gasteiger partial charge in [0.15, 0.2) is 11.5 Å². The lowest BCUT2D eigenvalue weighted by atomic mass is 10.0. The van der Waals surface area contributed by atoms with Gasteiger partial charge in [0.25, 0.3) is 0 Å². The number of nitrogens with one attached hydrogen (secondary N) is 1. The zero-order valence-electron chi connectivity index (χ0n) is 11.6. The molecular formula is C15H11N3O4. The number of fused-ring (bicyclic) bond motifs is 1. The number of aromatic nitrogens is 2. The number of nitro benzene ring substituents is 1. The summed E-state index contributed by atoms with van der Waals surface area (Å²) in [5, 5.41) is 11.6. The van der Waals surface area contributed by atoms with Gasteiger partial charge in [0, 0.05) is 35.0 Å². The predicted octanol–water partition coefficient (Wildman–Crippen LogP) is 2.71.